The molecule has 1 atom stereocenters. The van der Waals surface area contributed by atoms with Crippen LogP contribution in [0.3, 0.4) is 0 Å². The molecular formula is C19H33N5O2. The van der Waals surface area contributed by atoms with E-state index in [0.717, 1.165) is 38.7 Å². The molecule has 0 amide bonds. The molecule has 0 bridgehead atoms. The Morgan fingerprint density at radius 3 is 2.73 bits per heavy atom. The number of ether oxygens (including phenoxy) is 1. The molecule has 2 fully saturated rings. The first-order valence-corrected chi connectivity index (χ1v) is 9.82. The van der Waals surface area contributed by atoms with Crippen molar-refractivity contribution in [3.63, 3.8) is 0 Å². The quantitative estimate of drug-likeness (QED) is 0.740. The van der Waals surface area contributed by atoms with Crippen molar-refractivity contribution in [1.82, 2.24) is 19.4 Å². The number of hydrogen-bond acceptors (Lipinski definition) is 6. The Kier molecular flexibility index (Phi) is 6.67. The van der Waals surface area contributed by atoms with Gasteiger partial charge >= 0.3 is 0 Å². The molecule has 0 radical (unpaired) electrons. The minimum Gasteiger partial charge on any atom is -0.374 e. The lowest BCUT2D eigenvalue weighted by molar-refractivity contribution is -0.0264. The zero-order valence-corrected chi connectivity index (χ0v) is 16.4. The van der Waals surface area contributed by atoms with E-state index in [1.807, 2.05) is 11.9 Å². The van der Waals surface area contributed by atoms with Gasteiger partial charge in [-0.2, -0.15) is 0 Å². The van der Waals surface area contributed by atoms with Crippen LogP contribution in [0.4, 0.5) is 5.82 Å². The van der Waals surface area contributed by atoms with Crippen LogP contribution in [0.2, 0.25) is 0 Å². The fourth-order valence-corrected chi connectivity index (χ4v) is 3.80. The van der Waals surface area contributed by atoms with E-state index in [-0.39, 0.29) is 11.7 Å². The van der Waals surface area contributed by atoms with Crippen LogP contribution in [-0.4, -0.2) is 84.9 Å². The normalized spacial score (nSPS) is 23.3. The maximum absolute atomic E-state index is 12.2. The van der Waals surface area contributed by atoms with Crippen molar-refractivity contribution in [2.75, 3.05) is 64.4 Å². The Hall–Kier alpha value is -1.44. The van der Waals surface area contributed by atoms with Crippen molar-refractivity contribution < 1.29 is 4.74 Å². The standard InChI is InChI=1S/C19H33N5O2/c1-16-4-7-23(8-5-16)10-11-24-12-13-26-17(15-24)14-22(3)18-19(25)21(2)9-6-20-18/h6,9,16-17H,4-5,7-8,10-15H2,1-3H3. The Labute approximate surface area is 156 Å². The highest BCUT2D eigenvalue weighted by molar-refractivity contribution is 5.34. The number of nitrogens with zero attached hydrogens (tertiary/aromatic N) is 5. The first kappa shape index (κ1) is 19.3. The van der Waals surface area contributed by atoms with E-state index >= 15 is 0 Å². The van der Waals surface area contributed by atoms with Gasteiger partial charge in [0.1, 0.15) is 0 Å². The van der Waals surface area contributed by atoms with E-state index in [9.17, 15) is 4.79 Å². The van der Waals surface area contributed by atoms with Crippen LogP contribution < -0.4 is 10.5 Å². The molecule has 26 heavy (non-hydrogen) atoms. The van der Waals surface area contributed by atoms with Crippen molar-refractivity contribution in [2.24, 2.45) is 13.0 Å². The number of likely N-dealkylation sites (tertiary alicyclic amines) is 1. The molecule has 2 saturated heterocycles. The number of anilines is 1. The van der Waals surface area contributed by atoms with Crippen molar-refractivity contribution in [3.8, 4) is 0 Å². The minimum atomic E-state index is -0.0676. The number of aryl methyl sites for hydroxylation is 1. The summed E-state index contributed by atoms with van der Waals surface area (Å²) in [5.41, 5.74) is -0.0676. The molecule has 146 valence electrons. The van der Waals surface area contributed by atoms with E-state index in [2.05, 4.69) is 21.7 Å². The van der Waals surface area contributed by atoms with Gasteiger partial charge < -0.3 is 19.1 Å². The molecule has 0 aromatic carbocycles. The third-order valence-electron chi connectivity index (χ3n) is 5.67. The third kappa shape index (κ3) is 5.05. The van der Waals surface area contributed by atoms with Gasteiger partial charge in [-0.05, 0) is 31.8 Å². The maximum Gasteiger partial charge on any atom is 0.293 e. The zero-order valence-electron chi connectivity index (χ0n) is 16.4. The van der Waals surface area contributed by atoms with Crippen LogP contribution in [0.5, 0.6) is 0 Å². The highest BCUT2D eigenvalue weighted by Gasteiger charge is 2.24. The molecule has 3 rings (SSSR count). The lowest BCUT2D eigenvalue weighted by Crippen LogP contribution is -2.50. The first-order chi connectivity index (χ1) is 12.5. The predicted molar refractivity (Wildman–Crippen MR) is 104 cm³/mol. The van der Waals surface area contributed by atoms with Gasteiger partial charge in [-0.25, -0.2) is 4.98 Å². The molecule has 0 spiro atoms. The summed E-state index contributed by atoms with van der Waals surface area (Å²) >= 11 is 0. The summed E-state index contributed by atoms with van der Waals surface area (Å²) in [5.74, 6) is 1.37. The van der Waals surface area contributed by atoms with Crippen LogP contribution in [-0.2, 0) is 11.8 Å². The smallest absolute Gasteiger partial charge is 0.293 e. The SMILES string of the molecule is CC1CCN(CCN2CCOC(CN(C)c3nccn(C)c3=O)C2)CC1. The van der Waals surface area contributed by atoms with Gasteiger partial charge in [0.2, 0.25) is 0 Å². The van der Waals surface area contributed by atoms with Crippen LogP contribution in [0.15, 0.2) is 17.2 Å². The Balaban J connectivity index is 1.47. The Morgan fingerprint density at radius 2 is 1.96 bits per heavy atom. The van der Waals surface area contributed by atoms with Crippen LogP contribution in [0, 0.1) is 5.92 Å². The number of morpholine rings is 1. The molecule has 3 heterocycles. The average molecular weight is 364 g/mol. The van der Waals surface area contributed by atoms with Gasteiger partial charge in [0, 0.05) is 59.2 Å². The molecule has 0 N–H and O–H groups in total. The number of likely N-dealkylation sites (N-methyl/N-ethyl adjacent to an activating group) is 1. The number of rotatable bonds is 6. The monoisotopic (exact) mass is 363 g/mol. The van der Waals surface area contributed by atoms with Crippen molar-refractivity contribution in [3.05, 3.63) is 22.7 Å². The minimum absolute atomic E-state index is 0.0676. The number of piperidine rings is 1. The first-order valence-electron chi connectivity index (χ1n) is 9.82. The van der Waals surface area contributed by atoms with Crippen molar-refractivity contribution >= 4 is 5.82 Å². The average Bonchev–Trinajstić information content (AvgIpc) is 2.64. The fourth-order valence-electron chi connectivity index (χ4n) is 3.80. The maximum atomic E-state index is 12.2. The van der Waals surface area contributed by atoms with Crippen LogP contribution in [0.25, 0.3) is 0 Å². The van der Waals surface area contributed by atoms with E-state index in [1.54, 1.807) is 24.0 Å². The second-order valence-electron chi connectivity index (χ2n) is 7.86. The van der Waals surface area contributed by atoms with E-state index in [0.29, 0.717) is 12.4 Å². The van der Waals surface area contributed by atoms with Gasteiger partial charge in [-0.3, -0.25) is 9.69 Å². The van der Waals surface area contributed by atoms with Gasteiger partial charge in [0.25, 0.3) is 5.56 Å². The van der Waals surface area contributed by atoms with E-state index in [1.165, 1.54) is 25.9 Å². The zero-order chi connectivity index (χ0) is 18.5. The highest BCUT2D eigenvalue weighted by atomic mass is 16.5. The molecule has 1 aromatic heterocycles. The largest absolute Gasteiger partial charge is 0.374 e. The van der Waals surface area contributed by atoms with E-state index in [4.69, 9.17) is 4.74 Å². The number of aromatic nitrogens is 2. The molecular weight excluding hydrogens is 330 g/mol. The molecule has 1 aromatic rings. The Bertz CT molecular complexity index is 627. The second kappa shape index (κ2) is 8.97. The summed E-state index contributed by atoms with van der Waals surface area (Å²) in [5, 5.41) is 0. The number of hydrogen-bond donors (Lipinski definition) is 0. The van der Waals surface area contributed by atoms with Crippen LogP contribution in [0.1, 0.15) is 19.8 Å². The van der Waals surface area contributed by atoms with Gasteiger partial charge in [-0.15, -0.1) is 0 Å². The molecule has 0 aliphatic carbocycles. The molecule has 7 nitrogen and oxygen atoms in total. The van der Waals surface area contributed by atoms with Crippen LogP contribution >= 0.6 is 0 Å². The van der Waals surface area contributed by atoms with Gasteiger partial charge in [-0.1, -0.05) is 6.92 Å². The van der Waals surface area contributed by atoms with Crippen molar-refractivity contribution in [2.45, 2.75) is 25.9 Å². The van der Waals surface area contributed by atoms with Gasteiger partial charge in [0.05, 0.1) is 12.7 Å². The molecule has 1 unspecified atom stereocenters. The third-order valence-corrected chi connectivity index (χ3v) is 5.67. The molecule has 7 heteroatoms. The summed E-state index contributed by atoms with van der Waals surface area (Å²) in [7, 11) is 3.67. The molecule has 2 aliphatic rings. The molecule has 0 saturated carbocycles. The highest BCUT2D eigenvalue weighted by Crippen LogP contribution is 2.16. The fraction of sp³-hybridized carbons (Fsp3) is 0.789. The lowest BCUT2D eigenvalue weighted by Gasteiger charge is -2.37. The summed E-state index contributed by atoms with van der Waals surface area (Å²) in [6.07, 6.45) is 6.12. The second-order valence-corrected chi connectivity index (χ2v) is 7.86. The summed E-state index contributed by atoms with van der Waals surface area (Å²) in [4.78, 5) is 23.5. The summed E-state index contributed by atoms with van der Waals surface area (Å²) in [6, 6.07) is 0. The predicted octanol–water partition coefficient (Wildman–Crippen LogP) is 0.649. The topological polar surface area (TPSA) is 53.8 Å². The lowest BCUT2D eigenvalue weighted by atomic mass is 9.99. The summed E-state index contributed by atoms with van der Waals surface area (Å²) in [6.45, 7) is 10.4. The summed E-state index contributed by atoms with van der Waals surface area (Å²) < 4.78 is 7.50. The van der Waals surface area contributed by atoms with E-state index < -0.39 is 0 Å². The van der Waals surface area contributed by atoms with Gasteiger partial charge in [0.15, 0.2) is 5.82 Å². The Morgan fingerprint density at radius 1 is 1.23 bits per heavy atom. The van der Waals surface area contributed by atoms with Crippen molar-refractivity contribution in [1.29, 1.82) is 0 Å². The molecule has 2 aliphatic heterocycles.